The van der Waals surface area contributed by atoms with Gasteiger partial charge in [-0.25, -0.2) is 4.79 Å². The summed E-state index contributed by atoms with van der Waals surface area (Å²) in [6.45, 7) is 1.00. The first-order valence-electron chi connectivity index (χ1n) is 4.69. The van der Waals surface area contributed by atoms with Gasteiger partial charge in [-0.1, -0.05) is 0 Å². The highest BCUT2D eigenvalue weighted by Crippen LogP contribution is 2.22. The van der Waals surface area contributed by atoms with Crippen molar-refractivity contribution < 1.29 is 9.90 Å². The van der Waals surface area contributed by atoms with Crippen molar-refractivity contribution in [2.24, 2.45) is 0 Å². The second kappa shape index (κ2) is 3.75. The lowest BCUT2D eigenvalue weighted by molar-refractivity contribution is 0.0696. The first kappa shape index (κ1) is 9.15. The van der Waals surface area contributed by atoms with Crippen LogP contribution in [0.15, 0.2) is 18.5 Å². The van der Waals surface area contributed by atoms with Crippen LogP contribution in [0.25, 0.3) is 0 Å². The molecule has 2 heterocycles. The summed E-state index contributed by atoms with van der Waals surface area (Å²) in [5, 5.41) is 12.1. The Labute approximate surface area is 82.0 Å². The predicted molar refractivity (Wildman–Crippen MR) is 51.2 cm³/mol. The highest BCUT2D eigenvalue weighted by atomic mass is 16.4. The minimum absolute atomic E-state index is 0.260. The zero-order valence-corrected chi connectivity index (χ0v) is 7.73. The zero-order valence-electron chi connectivity index (χ0n) is 7.73. The summed E-state index contributed by atoms with van der Waals surface area (Å²) in [5.41, 5.74) is 1.23. The first-order chi connectivity index (χ1) is 6.77. The third kappa shape index (κ3) is 1.75. The molecule has 1 atom stereocenters. The third-order valence-electron chi connectivity index (χ3n) is 2.47. The van der Waals surface area contributed by atoms with Crippen LogP contribution < -0.4 is 5.32 Å². The van der Waals surface area contributed by atoms with Crippen molar-refractivity contribution in [3.8, 4) is 0 Å². The summed E-state index contributed by atoms with van der Waals surface area (Å²) in [6.07, 6.45) is 5.31. The summed E-state index contributed by atoms with van der Waals surface area (Å²) in [5.74, 6) is -0.919. The molecule has 0 saturated carbocycles. The van der Waals surface area contributed by atoms with Crippen LogP contribution in [0.1, 0.15) is 34.8 Å². The average Bonchev–Trinajstić information content (AvgIpc) is 2.71. The molecule has 4 nitrogen and oxygen atoms in total. The fraction of sp³-hybridized carbons (Fsp3) is 0.400. The predicted octanol–water partition coefficient (Wildman–Crippen LogP) is 1.20. The molecule has 4 heteroatoms. The van der Waals surface area contributed by atoms with E-state index in [0.717, 1.165) is 24.9 Å². The van der Waals surface area contributed by atoms with Crippen molar-refractivity contribution in [2.75, 3.05) is 6.54 Å². The van der Waals surface area contributed by atoms with E-state index in [-0.39, 0.29) is 11.6 Å². The van der Waals surface area contributed by atoms with Crippen LogP contribution in [0.3, 0.4) is 0 Å². The van der Waals surface area contributed by atoms with E-state index in [1.807, 2.05) is 0 Å². The van der Waals surface area contributed by atoms with E-state index in [1.54, 1.807) is 12.3 Å². The smallest absolute Gasteiger partial charge is 0.337 e. The number of aromatic carboxylic acids is 1. The lowest BCUT2D eigenvalue weighted by Crippen LogP contribution is -2.13. The Hall–Kier alpha value is -1.42. The summed E-state index contributed by atoms with van der Waals surface area (Å²) >= 11 is 0. The normalized spacial score (nSPS) is 21.0. The minimum Gasteiger partial charge on any atom is -0.478 e. The second-order valence-electron chi connectivity index (χ2n) is 3.46. The maximum absolute atomic E-state index is 10.7. The maximum atomic E-state index is 10.7. The lowest BCUT2D eigenvalue weighted by Gasteiger charge is -2.09. The Morgan fingerprint density at radius 2 is 2.43 bits per heavy atom. The molecule has 1 aromatic heterocycles. The molecule has 2 N–H and O–H groups in total. The number of hydrogen-bond donors (Lipinski definition) is 2. The lowest BCUT2D eigenvalue weighted by atomic mass is 10.1. The van der Waals surface area contributed by atoms with E-state index in [9.17, 15) is 4.79 Å². The topological polar surface area (TPSA) is 62.2 Å². The average molecular weight is 192 g/mol. The Morgan fingerprint density at radius 1 is 1.57 bits per heavy atom. The maximum Gasteiger partial charge on any atom is 0.337 e. The van der Waals surface area contributed by atoms with Crippen molar-refractivity contribution in [2.45, 2.75) is 18.9 Å². The molecule has 14 heavy (non-hydrogen) atoms. The van der Waals surface area contributed by atoms with Crippen molar-refractivity contribution in [3.05, 3.63) is 29.6 Å². The molecule has 1 fully saturated rings. The quantitative estimate of drug-likeness (QED) is 0.739. The van der Waals surface area contributed by atoms with Gasteiger partial charge in [-0.3, -0.25) is 4.98 Å². The van der Waals surface area contributed by atoms with Gasteiger partial charge in [0.15, 0.2) is 0 Å². The van der Waals surface area contributed by atoms with Gasteiger partial charge in [0.1, 0.15) is 0 Å². The summed E-state index contributed by atoms with van der Waals surface area (Å²) in [7, 11) is 0. The van der Waals surface area contributed by atoms with Gasteiger partial charge in [0.25, 0.3) is 0 Å². The van der Waals surface area contributed by atoms with E-state index in [1.165, 1.54) is 6.20 Å². The molecule has 0 spiro atoms. The van der Waals surface area contributed by atoms with E-state index >= 15 is 0 Å². The number of carbonyl (C=O) groups is 1. The molecule has 2 rings (SSSR count). The van der Waals surface area contributed by atoms with E-state index in [0.29, 0.717) is 0 Å². The number of rotatable bonds is 2. The summed E-state index contributed by atoms with van der Waals surface area (Å²) < 4.78 is 0. The summed E-state index contributed by atoms with van der Waals surface area (Å²) in [6, 6.07) is 1.97. The molecule has 0 aliphatic carbocycles. The van der Waals surface area contributed by atoms with Crippen LogP contribution in [-0.2, 0) is 0 Å². The molecule has 0 aromatic carbocycles. The van der Waals surface area contributed by atoms with Crippen LogP contribution in [0.5, 0.6) is 0 Å². The Kier molecular flexibility index (Phi) is 2.45. The van der Waals surface area contributed by atoms with Crippen LogP contribution in [0, 0.1) is 0 Å². The Morgan fingerprint density at radius 3 is 3.07 bits per heavy atom. The number of pyridine rings is 1. The third-order valence-corrected chi connectivity index (χ3v) is 2.47. The van der Waals surface area contributed by atoms with Crippen LogP contribution in [0.4, 0.5) is 0 Å². The van der Waals surface area contributed by atoms with E-state index in [2.05, 4.69) is 10.3 Å². The number of hydrogen-bond acceptors (Lipinski definition) is 3. The van der Waals surface area contributed by atoms with Crippen molar-refractivity contribution in [1.29, 1.82) is 0 Å². The molecule has 0 bridgehead atoms. The Balaban J connectivity index is 2.25. The van der Waals surface area contributed by atoms with Gasteiger partial charge in [-0.15, -0.1) is 0 Å². The van der Waals surface area contributed by atoms with Crippen molar-refractivity contribution in [1.82, 2.24) is 10.3 Å². The van der Waals surface area contributed by atoms with Crippen molar-refractivity contribution >= 4 is 5.97 Å². The number of carboxylic acids is 1. The number of nitrogens with one attached hydrogen (secondary N) is 1. The SMILES string of the molecule is O=C(O)c1cncc(C2CCCN2)c1. The fourth-order valence-corrected chi connectivity index (χ4v) is 1.73. The van der Waals surface area contributed by atoms with Gasteiger partial charge in [0.05, 0.1) is 5.56 Å². The highest BCUT2D eigenvalue weighted by molar-refractivity contribution is 5.87. The van der Waals surface area contributed by atoms with E-state index < -0.39 is 5.97 Å². The molecular weight excluding hydrogens is 180 g/mol. The van der Waals surface area contributed by atoms with Gasteiger partial charge >= 0.3 is 5.97 Å². The van der Waals surface area contributed by atoms with E-state index in [4.69, 9.17) is 5.11 Å². The molecule has 0 radical (unpaired) electrons. The summed E-state index contributed by atoms with van der Waals surface area (Å²) in [4.78, 5) is 14.6. The fourth-order valence-electron chi connectivity index (χ4n) is 1.73. The molecule has 1 aromatic rings. The van der Waals surface area contributed by atoms with Gasteiger partial charge in [0.2, 0.25) is 0 Å². The van der Waals surface area contributed by atoms with Crippen LogP contribution in [-0.4, -0.2) is 22.6 Å². The molecule has 74 valence electrons. The van der Waals surface area contributed by atoms with Gasteiger partial charge in [-0.05, 0) is 31.0 Å². The Bertz CT molecular complexity index is 346. The largest absolute Gasteiger partial charge is 0.478 e. The van der Waals surface area contributed by atoms with Crippen LogP contribution >= 0.6 is 0 Å². The zero-order chi connectivity index (χ0) is 9.97. The van der Waals surface area contributed by atoms with Crippen LogP contribution in [0.2, 0.25) is 0 Å². The highest BCUT2D eigenvalue weighted by Gasteiger charge is 2.17. The molecule has 1 saturated heterocycles. The minimum atomic E-state index is -0.919. The molecule has 0 amide bonds. The molecule has 1 unspecified atom stereocenters. The number of aromatic nitrogens is 1. The standard InChI is InChI=1S/C10H12N2O2/c13-10(14)8-4-7(5-11-6-8)9-2-1-3-12-9/h4-6,9,12H,1-3H2,(H,13,14). The molecular formula is C10H12N2O2. The molecule has 1 aliphatic heterocycles. The second-order valence-corrected chi connectivity index (χ2v) is 3.46. The first-order valence-corrected chi connectivity index (χ1v) is 4.69. The van der Waals surface area contributed by atoms with Gasteiger partial charge in [0, 0.05) is 18.4 Å². The number of nitrogens with zero attached hydrogens (tertiary/aromatic N) is 1. The molecule has 1 aliphatic rings. The van der Waals surface area contributed by atoms with Gasteiger partial charge < -0.3 is 10.4 Å². The monoisotopic (exact) mass is 192 g/mol. The number of carboxylic acid groups (broad SMARTS) is 1. The van der Waals surface area contributed by atoms with Crippen molar-refractivity contribution in [3.63, 3.8) is 0 Å². The van der Waals surface area contributed by atoms with Gasteiger partial charge in [-0.2, -0.15) is 0 Å².